The number of halogens is 3. The standard InChI is InChI=1S/C24H30Cl3N3O4S/c1-5-16(3)28-24(32)20(6-2)29(14-17-10-7-8-11-18(17)25)22(31)15-30(35(4,33)34)21-13-9-12-19(26)23(21)27/h7-13,16,20H,5-6,14-15H2,1-4H3,(H,28,32)/t16-,20-/m0/s1. The maximum Gasteiger partial charge on any atom is 0.244 e. The van der Waals surface area contributed by atoms with Crippen LogP contribution >= 0.6 is 34.8 Å². The molecule has 1 N–H and O–H groups in total. The Morgan fingerprint density at radius 2 is 1.60 bits per heavy atom. The molecule has 35 heavy (non-hydrogen) atoms. The highest BCUT2D eigenvalue weighted by atomic mass is 35.5. The molecule has 0 heterocycles. The molecule has 2 atom stereocenters. The van der Waals surface area contributed by atoms with E-state index in [1.165, 1.54) is 17.0 Å². The van der Waals surface area contributed by atoms with Crippen LogP contribution < -0.4 is 9.62 Å². The van der Waals surface area contributed by atoms with Crippen molar-refractivity contribution < 1.29 is 18.0 Å². The third kappa shape index (κ3) is 7.74. The molecular formula is C24H30Cl3N3O4S. The Morgan fingerprint density at radius 3 is 2.17 bits per heavy atom. The number of rotatable bonds is 11. The number of anilines is 1. The van der Waals surface area contributed by atoms with E-state index < -0.39 is 28.5 Å². The lowest BCUT2D eigenvalue weighted by atomic mass is 10.1. The van der Waals surface area contributed by atoms with Crippen LogP contribution in [0.1, 0.15) is 39.2 Å². The Bertz CT molecular complexity index is 1160. The first-order valence-electron chi connectivity index (χ1n) is 11.2. The van der Waals surface area contributed by atoms with Gasteiger partial charge in [0.2, 0.25) is 21.8 Å². The van der Waals surface area contributed by atoms with Crippen molar-refractivity contribution in [1.29, 1.82) is 0 Å². The van der Waals surface area contributed by atoms with Gasteiger partial charge >= 0.3 is 0 Å². The predicted molar refractivity (Wildman–Crippen MR) is 143 cm³/mol. The summed E-state index contributed by atoms with van der Waals surface area (Å²) < 4.78 is 26.2. The van der Waals surface area contributed by atoms with E-state index in [1.807, 2.05) is 13.8 Å². The van der Waals surface area contributed by atoms with Crippen molar-refractivity contribution >= 4 is 62.3 Å². The highest BCUT2D eigenvalue weighted by Gasteiger charge is 2.33. The first kappa shape index (κ1) is 29.2. The molecule has 0 aromatic heterocycles. The molecule has 0 aliphatic rings. The second-order valence-corrected chi connectivity index (χ2v) is 11.3. The van der Waals surface area contributed by atoms with Crippen LogP contribution in [0.3, 0.4) is 0 Å². The van der Waals surface area contributed by atoms with Gasteiger partial charge in [-0.1, -0.05) is 72.9 Å². The van der Waals surface area contributed by atoms with Gasteiger partial charge in [-0.2, -0.15) is 0 Å². The highest BCUT2D eigenvalue weighted by molar-refractivity contribution is 7.92. The molecule has 0 aliphatic carbocycles. The Hall–Kier alpha value is -2.00. The lowest BCUT2D eigenvalue weighted by molar-refractivity contribution is -0.140. The summed E-state index contributed by atoms with van der Waals surface area (Å²) in [6.45, 7) is 5.05. The molecule has 0 aliphatic heterocycles. The lowest BCUT2D eigenvalue weighted by Gasteiger charge is -2.33. The van der Waals surface area contributed by atoms with Crippen LogP contribution in [0, 0.1) is 0 Å². The van der Waals surface area contributed by atoms with E-state index in [0.29, 0.717) is 17.0 Å². The predicted octanol–water partition coefficient (Wildman–Crippen LogP) is 5.13. The maximum absolute atomic E-state index is 13.7. The summed E-state index contributed by atoms with van der Waals surface area (Å²) in [5.74, 6) is -0.911. The monoisotopic (exact) mass is 561 g/mol. The first-order chi connectivity index (χ1) is 16.4. The minimum Gasteiger partial charge on any atom is -0.352 e. The molecule has 2 amide bonds. The van der Waals surface area contributed by atoms with Crippen LogP contribution in [0.15, 0.2) is 42.5 Å². The van der Waals surface area contributed by atoms with Crippen LogP contribution in [0.4, 0.5) is 5.69 Å². The molecule has 0 saturated carbocycles. The average Bonchev–Trinajstić information content (AvgIpc) is 2.79. The van der Waals surface area contributed by atoms with Gasteiger partial charge in [0.05, 0.1) is 22.0 Å². The van der Waals surface area contributed by atoms with Gasteiger partial charge < -0.3 is 10.2 Å². The van der Waals surface area contributed by atoms with E-state index in [-0.39, 0.29) is 34.2 Å². The van der Waals surface area contributed by atoms with Crippen molar-refractivity contribution in [3.63, 3.8) is 0 Å². The number of amides is 2. The summed E-state index contributed by atoms with van der Waals surface area (Å²) in [5, 5.41) is 3.50. The van der Waals surface area contributed by atoms with Gasteiger partial charge in [0.25, 0.3) is 0 Å². The molecule has 0 bridgehead atoms. The number of nitrogens with zero attached hydrogens (tertiary/aromatic N) is 2. The topological polar surface area (TPSA) is 86.8 Å². The molecule has 0 saturated heterocycles. The van der Waals surface area contributed by atoms with Crippen molar-refractivity contribution in [1.82, 2.24) is 10.2 Å². The molecule has 192 valence electrons. The van der Waals surface area contributed by atoms with E-state index in [1.54, 1.807) is 37.3 Å². The van der Waals surface area contributed by atoms with Crippen LogP contribution in [-0.4, -0.2) is 50.0 Å². The molecule has 0 spiro atoms. The number of hydrogen-bond donors (Lipinski definition) is 1. The quantitative estimate of drug-likeness (QED) is 0.411. The molecular weight excluding hydrogens is 533 g/mol. The highest BCUT2D eigenvalue weighted by Crippen LogP contribution is 2.34. The second-order valence-electron chi connectivity index (χ2n) is 8.20. The van der Waals surface area contributed by atoms with E-state index in [0.717, 1.165) is 17.0 Å². The Kier molecular flexibility index (Phi) is 10.7. The summed E-state index contributed by atoms with van der Waals surface area (Å²) in [4.78, 5) is 28.1. The molecule has 2 aromatic rings. The van der Waals surface area contributed by atoms with E-state index in [4.69, 9.17) is 34.8 Å². The maximum atomic E-state index is 13.7. The minimum absolute atomic E-state index is 0.00611. The van der Waals surface area contributed by atoms with Gasteiger partial charge in [0, 0.05) is 17.6 Å². The number of carbonyl (C=O) groups excluding carboxylic acids is 2. The molecule has 0 fully saturated rings. The smallest absolute Gasteiger partial charge is 0.244 e. The largest absolute Gasteiger partial charge is 0.352 e. The Balaban J connectivity index is 2.50. The second kappa shape index (κ2) is 12.8. The average molecular weight is 563 g/mol. The number of benzene rings is 2. The van der Waals surface area contributed by atoms with Gasteiger partial charge in [-0.3, -0.25) is 13.9 Å². The van der Waals surface area contributed by atoms with Crippen LogP contribution in [0.5, 0.6) is 0 Å². The number of hydrogen-bond acceptors (Lipinski definition) is 4. The molecule has 2 aromatic carbocycles. The van der Waals surface area contributed by atoms with Crippen molar-refractivity contribution in [3.05, 3.63) is 63.1 Å². The zero-order chi connectivity index (χ0) is 26.3. The third-order valence-electron chi connectivity index (χ3n) is 5.56. The zero-order valence-electron chi connectivity index (χ0n) is 20.1. The van der Waals surface area contributed by atoms with Crippen molar-refractivity contribution in [2.24, 2.45) is 0 Å². The van der Waals surface area contributed by atoms with Crippen molar-refractivity contribution in [2.45, 2.75) is 52.2 Å². The number of sulfonamides is 1. The van der Waals surface area contributed by atoms with E-state index >= 15 is 0 Å². The van der Waals surface area contributed by atoms with Gasteiger partial charge in [0.1, 0.15) is 12.6 Å². The summed E-state index contributed by atoms with van der Waals surface area (Å²) in [6, 6.07) is 10.6. The molecule has 0 radical (unpaired) electrons. The van der Waals surface area contributed by atoms with E-state index in [9.17, 15) is 18.0 Å². The lowest BCUT2D eigenvalue weighted by Crippen LogP contribution is -2.53. The van der Waals surface area contributed by atoms with Crippen molar-refractivity contribution in [2.75, 3.05) is 17.1 Å². The summed E-state index contributed by atoms with van der Waals surface area (Å²) >= 11 is 18.7. The first-order valence-corrected chi connectivity index (χ1v) is 14.1. The van der Waals surface area contributed by atoms with Crippen LogP contribution in [0.2, 0.25) is 15.1 Å². The number of carbonyl (C=O) groups is 2. The van der Waals surface area contributed by atoms with Gasteiger partial charge in [0.15, 0.2) is 0 Å². The fourth-order valence-corrected chi connectivity index (χ4v) is 4.95. The fourth-order valence-electron chi connectivity index (χ4n) is 3.45. The Morgan fingerprint density at radius 1 is 0.971 bits per heavy atom. The van der Waals surface area contributed by atoms with E-state index in [2.05, 4.69) is 5.32 Å². The summed E-state index contributed by atoms with van der Waals surface area (Å²) in [7, 11) is -3.93. The number of nitrogens with one attached hydrogen (secondary N) is 1. The third-order valence-corrected chi connectivity index (χ3v) is 7.87. The molecule has 0 unspecified atom stereocenters. The molecule has 7 nitrogen and oxygen atoms in total. The zero-order valence-corrected chi connectivity index (χ0v) is 23.2. The van der Waals surface area contributed by atoms with Gasteiger partial charge in [-0.25, -0.2) is 8.42 Å². The molecule has 2 rings (SSSR count). The van der Waals surface area contributed by atoms with Crippen molar-refractivity contribution in [3.8, 4) is 0 Å². The summed E-state index contributed by atoms with van der Waals surface area (Å²) in [6.07, 6.45) is 2.01. The molecule has 11 heteroatoms. The Labute approximate surface area is 222 Å². The van der Waals surface area contributed by atoms with Crippen LogP contribution in [0.25, 0.3) is 0 Å². The fraction of sp³-hybridized carbons (Fsp3) is 0.417. The van der Waals surface area contributed by atoms with Gasteiger partial charge in [-0.05, 0) is 43.5 Å². The summed E-state index contributed by atoms with van der Waals surface area (Å²) in [5.41, 5.74) is 0.703. The van der Waals surface area contributed by atoms with Gasteiger partial charge in [-0.15, -0.1) is 0 Å². The minimum atomic E-state index is -3.93. The van der Waals surface area contributed by atoms with Crippen LogP contribution in [-0.2, 0) is 26.2 Å². The normalized spacial score (nSPS) is 13.1. The SMILES string of the molecule is CC[C@H](C)NC(=O)[C@H](CC)N(Cc1ccccc1Cl)C(=O)CN(c1cccc(Cl)c1Cl)S(C)(=O)=O.